The van der Waals surface area contributed by atoms with Crippen LogP contribution in [0.15, 0.2) is 48.5 Å². The molecule has 0 bridgehead atoms. The topological polar surface area (TPSA) is 95.9 Å². The standard InChI is InChI=1S/C19H18N2O5/c1-26-16-7-3-6-15(10-16)21-11-13(9-17(21)22)18(23)20-14-5-2-4-12(8-14)19(24)25/h2-8,10,13H,9,11H2,1H3,(H,20,23)(H,24,25)/t13-/m0/s1. The van der Waals surface area contributed by atoms with E-state index in [0.717, 1.165) is 0 Å². The van der Waals surface area contributed by atoms with Crippen molar-refractivity contribution in [2.75, 3.05) is 23.9 Å². The zero-order chi connectivity index (χ0) is 18.7. The lowest BCUT2D eigenvalue weighted by Crippen LogP contribution is -2.28. The number of anilines is 2. The van der Waals surface area contributed by atoms with E-state index in [1.807, 2.05) is 0 Å². The maximum absolute atomic E-state index is 12.5. The first kappa shape index (κ1) is 17.5. The third-order valence-corrected chi connectivity index (χ3v) is 4.24. The van der Waals surface area contributed by atoms with Gasteiger partial charge in [-0.1, -0.05) is 12.1 Å². The summed E-state index contributed by atoms with van der Waals surface area (Å²) in [4.78, 5) is 37.4. The number of hydrogen-bond acceptors (Lipinski definition) is 4. The molecule has 0 spiro atoms. The van der Waals surface area contributed by atoms with Gasteiger partial charge < -0.3 is 20.1 Å². The van der Waals surface area contributed by atoms with Crippen molar-refractivity contribution in [3.05, 3.63) is 54.1 Å². The van der Waals surface area contributed by atoms with Crippen molar-refractivity contribution >= 4 is 29.2 Å². The summed E-state index contributed by atoms with van der Waals surface area (Å²) in [6.45, 7) is 0.260. The molecule has 3 rings (SSSR count). The molecule has 0 aliphatic carbocycles. The summed E-state index contributed by atoms with van der Waals surface area (Å²) >= 11 is 0. The Bertz CT molecular complexity index is 865. The molecular weight excluding hydrogens is 336 g/mol. The number of benzene rings is 2. The van der Waals surface area contributed by atoms with Crippen LogP contribution in [0.2, 0.25) is 0 Å². The number of nitrogens with one attached hydrogen (secondary N) is 1. The number of hydrogen-bond donors (Lipinski definition) is 2. The Kier molecular flexibility index (Phi) is 4.88. The Hall–Kier alpha value is -3.35. The van der Waals surface area contributed by atoms with Gasteiger partial charge in [-0.3, -0.25) is 9.59 Å². The van der Waals surface area contributed by atoms with Gasteiger partial charge in [0.15, 0.2) is 0 Å². The quantitative estimate of drug-likeness (QED) is 0.859. The minimum Gasteiger partial charge on any atom is -0.497 e. The molecule has 2 aromatic carbocycles. The molecule has 1 aliphatic rings. The molecule has 7 nitrogen and oxygen atoms in total. The maximum atomic E-state index is 12.5. The van der Waals surface area contributed by atoms with Crippen LogP contribution in [-0.4, -0.2) is 36.5 Å². The van der Waals surface area contributed by atoms with Crippen LogP contribution >= 0.6 is 0 Å². The summed E-state index contributed by atoms with van der Waals surface area (Å²) in [6.07, 6.45) is 0.0989. The molecule has 0 saturated carbocycles. The van der Waals surface area contributed by atoms with E-state index in [-0.39, 0.29) is 30.3 Å². The molecule has 0 radical (unpaired) electrons. The van der Waals surface area contributed by atoms with E-state index in [1.165, 1.54) is 12.1 Å². The van der Waals surface area contributed by atoms with Gasteiger partial charge in [0, 0.05) is 30.4 Å². The molecule has 1 fully saturated rings. The number of amides is 2. The van der Waals surface area contributed by atoms with E-state index in [4.69, 9.17) is 9.84 Å². The number of carbonyl (C=O) groups excluding carboxylic acids is 2. The molecule has 26 heavy (non-hydrogen) atoms. The molecule has 2 N–H and O–H groups in total. The van der Waals surface area contributed by atoms with E-state index >= 15 is 0 Å². The summed E-state index contributed by atoms with van der Waals surface area (Å²) in [5, 5.41) is 11.7. The first-order valence-electron chi connectivity index (χ1n) is 8.06. The van der Waals surface area contributed by atoms with Gasteiger partial charge in [-0.25, -0.2) is 4.79 Å². The molecule has 1 atom stereocenters. The fourth-order valence-electron chi connectivity index (χ4n) is 2.89. The van der Waals surface area contributed by atoms with Crippen molar-refractivity contribution in [2.24, 2.45) is 5.92 Å². The average molecular weight is 354 g/mol. The zero-order valence-electron chi connectivity index (χ0n) is 14.1. The van der Waals surface area contributed by atoms with E-state index in [2.05, 4.69) is 5.32 Å². The van der Waals surface area contributed by atoms with Crippen LogP contribution in [0, 0.1) is 5.92 Å². The SMILES string of the molecule is COc1cccc(N2C[C@@H](C(=O)Nc3cccc(C(=O)O)c3)CC2=O)c1. The molecule has 2 aromatic rings. The van der Waals surface area contributed by atoms with Crippen molar-refractivity contribution in [2.45, 2.75) is 6.42 Å². The summed E-state index contributed by atoms with van der Waals surface area (Å²) in [7, 11) is 1.55. The number of nitrogens with zero attached hydrogens (tertiary/aromatic N) is 1. The lowest BCUT2D eigenvalue weighted by molar-refractivity contribution is -0.122. The number of ether oxygens (including phenoxy) is 1. The van der Waals surface area contributed by atoms with Crippen LogP contribution in [0.3, 0.4) is 0 Å². The smallest absolute Gasteiger partial charge is 0.335 e. The van der Waals surface area contributed by atoms with Crippen molar-refractivity contribution < 1.29 is 24.2 Å². The largest absolute Gasteiger partial charge is 0.497 e. The Morgan fingerprint density at radius 1 is 1.19 bits per heavy atom. The zero-order valence-corrected chi connectivity index (χ0v) is 14.1. The average Bonchev–Trinajstić information content (AvgIpc) is 3.04. The highest BCUT2D eigenvalue weighted by molar-refractivity contribution is 6.04. The van der Waals surface area contributed by atoms with Gasteiger partial charge in [-0.05, 0) is 30.3 Å². The van der Waals surface area contributed by atoms with E-state index < -0.39 is 11.9 Å². The maximum Gasteiger partial charge on any atom is 0.335 e. The monoisotopic (exact) mass is 354 g/mol. The highest BCUT2D eigenvalue weighted by Gasteiger charge is 2.35. The second-order valence-electron chi connectivity index (χ2n) is 5.98. The molecular formula is C19H18N2O5. The molecule has 0 unspecified atom stereocenters. The van der Waals surface area contributed by atoms with Gasteiger partial charge in [-0.15, -0.1) is 0 Å². The second-order valence-corrected chi connectivity index (χ2v) is 5.98. The van der Waals surface area contributed by atoms with Gasteiger partial charge in [0.2, 0.25) is 11.8 Å². The molecule has 1 heterocycles. The van der Waals surface area contributed by atoms with Crippen LogP contribution < -0.4 is 15.0 Å². The molecule has 1 aliphatic heterocycles. The predicted molar refractivity (Wildman–Crippen MR) is 95.5 cm³/mol. The Balaban J connectivity index is 1.71. The summed E-state index contributed by atoms with van der Waals surface area (Å²) in [5.41, 5.74) is 1.16. The number of rotatable bonds is 5. The van der Waals surface area contributed by atoms with Crippen molar-refractivity contribution in [1.82, 2.24) is 0 Å². The van der Waals surface area contributed by atoms with Gasteiger partial charge in [0.1, 0.15) is 5.75 Å². The number of carboxylic acid groups (broad SMARTS) is 1. The molecule has 2 amide bonds. The van der Waals surface area contributed by atoms with E-state index in [9.17, 15) is 14.4 Å². The van der Waals surface area contributed by atoms with Crippen LogP contribution in [0.1, 0.15) is 16.8 Å². The minimum absolute atomic E-state index is 0.0864. The number of carboxylic acids is 1. The van der Waals surface area contributed by atoms with E-state index in [1.54, 1.807) is 48.4 Å². The first-order valence-corrected chi connectivity index (χ1v) is 8.06. The van der Waals surface area contributed by atoms with Crippen LogP contribution in [0.5, 0.6) is 5.75 Å². The molecule has 0 aromatic heterocycles. The Labute approximate surface area is 150 Å². The Morgan fingerprint density at radius 3 is 2.69 bits per heavy atom. The second kappa shape index (κ2) is 7.26. The van der Waals surface area contributed by atoms with Crippen molar-refractivity contribution in [3.63, 3.8) is 0 Å². The van der Waals surface area contributed by atoms with Gasteiger partial charge >= 0.3 is 5.97 Å². The number of carbonyl (C=O) groups is 3. The lowest BCUT2D eigenvalue weighted by atomic mass is 10.1. The van der Waals surface area contributed by atoms with Crippen molar-refractivity contribution in [1.29, 1.82) is 0 Å². The van der Waals surface area contributed by atoms with Crippen LogP contribution in [-0.2, 0) is 9.59 Å². The van der Waals surface area contributed by atoms with Crippen LogP contribution in [0.25, 0.3) is 0 Å². The van der Waals surface area contributed by atoms with Gasteiger partial charge in [0.05, 0.1) is 18.6 Å². The third-order valence-electron chi connectivity index (χ3n) is 4.24. The summed E-state index contributed by atoms with van der Waals surface area (Å²) < 4.78 is 5.17. The first-order chi connectivity index (χ1) is 12.5. The van der Waals surface area contributed by atoms with Crippen LogP contribution in [0.4, 0.5) is 11.4 Å². The number of aromatic carboxylic acids is 1. The normalized spacial score (nSPS) is 16.4. The predicted octanol–water partition coefficient (Wildman–Crippen LogP) is 2.39. The highest BCUT2D eigenvalue weighted by Crippen LogP contribution is 2.28. The van der Waals surface area contributed by atoms with Gasteiger partial charge in [0.25, 0.3) is 0 Å². The third kappa shape index (κ3) is 3.66. The minimum atomic E-state index is -1.07. The fraction of sp³-hybridized carbons (Fsp3) is 0.211. The van der Waals surface area contributed by atoms with Crippen molar-refractivity contribution in [3.8, 4) is 5.75 Å². The Morgan fingerprint density at radius 2 is 1.96 bits per heavy atom. The summed E-state index contributed by atoms with van der Waals surface area (Å²) in [6, 6.07) is 13.1. The van der Waals surface area contributed by atoms with E-state index in [0.29, 0.717) is 17.1 Å². The number of methoxy groups -OCH3 is 1. The molecule has 1 saturated heterocycles. The highest BCUT2D eigenvalue weighted by atomic mass is 16.5. The summed E-state index contributed by atoms with van der Waals surface area (Å²) in [5.74, 6) is -1.40. The molecule has 7 heteroatoms. The lowest BCUT2D eigenvalue weighted by Gasteiger charge is -2.17. The fourth-order valence-corrected chi connectivity index (χ4v) is 2.89. The molecule has 134 valence electrons. The van der Waals surface area contributed by atoms with Gasteiger partial charge in [-0.2, -0.15) is 0 Å².